The van der Waals surface area contributed by atoms with Crippen LogP contribution in [0.1, 0.15) is 39.2 Å². The van der Waals surface area contributed by atoms with Gasteiger partial charge in [0, 0.05) is 25.7 Å². The topological polar surface area (TPSA) is 40.6 Å². The number of anilines is 1. The summed E-state index contributed by atoms with van der Waals surface area (Å²) in [4.78, 5) is 27.3. The minimum atomic E-state index is -0.383. The summed E-state index contributed by atoms with van der Waals surface area (Å²) in [5, 5.41) is 0. The lowest BCUT2D eigenvalue weighted by Gasteiger charge is -2.38. The number of carbonyl (C=O) groups is 2. The van der Waals surface area contributed by atoms with Crippen molar-refractivity contribution in [2.24, 2.45) is 0 Å². The molecule has 2 rings (SSSR count). The maximum absolute atomic E-state index is 12.4. The number of rotatable bonds is 2. The third-order valence-electron chi connectivity index (χ3n) is 3.93. The molecule has 0 bridgehead atoms. The van der Waals surface area contributed by atoms with Gasteiger partial charge in [-0.05, 0) is 30.5 Å². The molecule has 0 saturated carbocycles. The highest BCUT2D eigenvalue weighted by atomic mass is 16.2. The van der Waals surface area contributed by atoms with Crippen molar-refractivity contribution in [2.45, 2.75) is 39.7 Å². The maximum Gasteiger partial charge on any atom is 0.249 e. The Hall–Kier alpha value is -1.84. The van der Waals surface area contributed by atoms with E-state index < -0.39 is 0 Å². The van der Waals surface area contributed by atoms with Crippen LogP contribution in [0.25, 0.3) is 0 Å². The van der Waals surface area contributed by atoms with Gasteiger partial charge in [-0.25, -0.2) is 0 Å². The Bertz CT molecular complexity index is 508. The predicted molar refractivity (Wildman–Crippen MR) is 79.7 cm³/mol. The van der Waals surface area contributed by atoms with Gasteiger partial charge in [-0.3, -0.25) is 9.59 Å². The van der Waals surface area contributed by atoms with E-state index >= 15 is 0 Å². The summed E-state index contributed by atoms with van der Waals surface area (Å²) in [6.07, 6.45) is 0. The van der Waals surface area contributed by atoms with Crippen molar-refractivity contribution >= 4 is 17.5 Å². The van der Waals surface area contributed by atoms with E-state index in [1.165, 1.54) is 12.5 Å². The van der Waals surface area contributed by atoms with Gasteiger partial charge in [-0.2, -0.15) is 0 Å². The molecule has 0 N–H and O–H groups in total. The van der Waals surface area contributed by atoms with Crippen LogP contribution >= 0.6 is 0 Å². The van der Waals surface area contributed by atoms with Crippen molar-refractivity contribution in [3.05, 3.63) is 29.8 Å². The van der Waals surface area contributed by atoms with Crippen LogP contribution in [0.5, 0.6) is 0 Å². The zero-order chi connectivity index (χ0) is 14.9. The van der Waals surface area contributed by atoms with E-state index in [4.69, 9.17) is 0 Å². The first-order valence-corrected chi connectivity index (χ1v) is 7.10. The minimum absolute atomic E-state index is 0.0104. The van der Waals surface area contributed by atoms with Crippen LogP contribution in [0.3, 0.4) is 0 Å². The normalized spacial score (nSPS) is 19.6. The van der Waals surface area contributed by atoms with Gasteiger partial charge in [0.25, 0.3) is 0 Å². The fourth-order valence-corrected chi connectivity index (χ4v) is 2.60. The van der Waals surface area contributed by atoms with Crippen LogP contribution in [-0.4, -0.2) is 35.8 Å². The first-order valence-electron chi connectivity index (χ1n) is 7.10. The average Bonchev–Trinajstić information content (AvgIpc) is 2.41. The number of benzene rings is 1. The molecular weight excluding hydrogens is 252 g/mol. The molecule has 1 unspecified atom stereocenters. The molecule has 1 aromatic rings. The zero-order valence-corrected chi connectivity index (χ0v) is 12.6. The van der Waals surface area contributed by atoms with Gasteiger partial charge in [0.1, 0.15) is 6.04 Å². The van der Waals surface area contributed by atoms with Gasteiger partial charge in [-0.1, -0.05) is 26.0 Å². The van der Waals surface area contributed by atoms with Crippen LogP contribution in [0.15, 0.2) is 24.3 Å². The predicted octanol–water partition coefficient (Wildman–Crippen LogP) is 2.39. The third kappa shape index (κ3) is 2.69. The van der Waals surface area contributed by atoms with E-state index in [1.54, 1.807) is 16.7 Å². The Morgan fingerprint density at radius 2 is 1.80 bits per heavy atom. The summed E-state index contributed by atoms with van der Waals surface area (Å²) in [6.45, 7) is 8.74. The SMILES string of the molecule is CC(=O)N1CCN(c2ccc(C(C)C)cc2)C(=O)C1C. The number of amides is 2. The van der Waals surface area contributed by atoms with Gasteiger partial charge in [0.2, 0.25) is 11.8 Å². The van der Waals surface area contributed by atoms with Crippen molar-refractivity contribution in [1.29, 1.82) is 0 Å². The number of piperazine rings is 1. The smallest absolute Gasteiger partial charge is 0.249 e. The number of carbonyl (C=O) groups excluding carboxylic acids is 2. The fraction of sp³-hybridized carbons (Fsp3) is 0.500. The van der Waals surface area contributed by atoms with Crippen LogP contribution in [0, 0.1) is 0 Å². The molecule has 1 aromatic carbocycles. The van der Waals surface area contributed by atoms with Crippen LogP contribution in [0.4, 0.5) is 5.69 Å². The highest BCUT2D eigenvalue weighted by Crippen LogP contribution is 2.23. The fourth-order valence-electron chi connectivity index (χ4n) is 2.60. The lowest BCUT2D eigenvalue weighted by atomic mass is 10.0. The van der Waals surface area contributed by atoms with Crippen molar-refractivity contribution < 1.29 is 9.59 Å². The molecule has 0 aromatic heterocycles. The summed E-state index contributed by atoms with van der Waals surface area (Å²) < 4.78 is 0. The number of hydrogen-bond donors (Lipinski definition) is 0. The Morgan fingerprint density at radius 3 is 2.30 bits per heavy atom. The molecule has 20 heavy (non-hydrogen) atoms. The summed E-state index contributed by atoms with van der Waals surface area (Å²) in [5.41, 5.74) is 2.17. The van der Waals surface area contributed by atoms with Gasteiger partial charge >= 0.3 is 0 Å². The van der Waals surface area contributed by atoms with Gasteiger partial charge in [0.05, 0.1) is 0 Å². The number of hydrogen-bond acceptors (Lipinski definition) is 2. The molecule has 0 aliphatic carbocycles. The molecule has 108 valence electrons. The molecule has 2 amide bonds. The van der Waals surface area contributed by atoms with Gasteiger partial charge < -0.3 is 9.80 Å². The lowest BCUT2D eigenvalue weighted by molar-refractivity contribution is -0.139. The largest absolute Gasteiger partial charge is 0.329 e. The zero-order valence-electron chi connectivity index (χ0n) is 12.6. The summed E-state index contributed by atoms with van der Waals surface area (Å²) in [6, 6.07) is 7.73. The van der Waals surface area contributed by atoms with E-state index in [2.05, 4.69) is 26.0 Å². The van der Waals surface area contributed by atoms with E-state index in [0.717, 1.165) is 5.69 Å². The monoisotopic (exact) mass is 274 g/mol. The Labute approximate surface area is 120 Å². The number of nitrogens with zero attached hydrogens (tertiary/aromatic N) is 2. The quantitative estimate of drug-likeness (QED) is 0.831. The Kier molecular flexibility index (Phi) is 4.12. The highest BCUT2D eigenvalue weighted by molar-refractivity contribution is 5.99. The second-order valence-electron chi connectivity index (χ2n) is 5.62. The first kappa shape index (κ1) is 14.6. The van der Waals surface area contributed by atoms with Crippen molar-refractivity contribution in [1.82, 2.24) is 4.90 Å². The first-order chi connectivity index (χ1) is 9.41. The molecule has 1 heterocycles. The molecular formula is C16H22N2O2. The summed E-state index contributed by atoms with van der Waals surface area (Å²) in [5.74, 6) is 0.428. The molecule has 1 aliphatic heterocycles. The second kappa shape index (κ2) is 5.65. The molecule has 1 saturated heterocycles. The lowest BCUT2D eigenvalue weighted by Crippen LogP contribution is -2.57. The highest BCUT2D eigenvalue weighted by Gasteiger charge is 2.33. The second-order valence-corrected chi connectivity index (χ2v) is 5.62. The van der Waals surface area contributed by atoms with E-state index in [0.29, 0.717) is 19.0 Å². The van der Waals surface area contributed by atoms with Crippen LogP contribution in [0.2, 0.25) is 0 Å². The third-order valence-corrected chi connectivity index (χ3v) is 3.93. The standard InChI is InChI=1S/C16H22N2O2/c1-11(2)14-5-7-15(8-6-14)18-10-9-17(13(4)19)12(3)16(18)20/h5-8,11-12H,9-10H2,1-4H3. The molecule has 4 heteroatoms. The van der Waals surface area contributed by atoms with E-state index in [-0.39, 0.29) is 17.9 Å². The molecule has 0 radical (unpaired) electrons. The molecule has 1 aliphatic rings. The Balaban J connectivity index is 2.18. The van der Waals surface area contributed by atoms with Crippen molar-refractivity contribution in [3.8, 4) is 0 Å². The van der Waals surface area contributed by atoms with Crippen LogP contribution in [-0.2, 0) is 9.59 Å². The van der Waals surface area contributed by atoms with Gasteiger partial charge in [0.15, 0.2) is 0 Å². The van der Waals surface area contributed by atoms with E-state index in [1.807, 2.05) is 12.1 Å². The average molecular weight is 274 g/mol. The minimum Gasteiger partial charge on any atom is -0.329 e. The molecule has 1 fully saturated rings. The maximum atomic E-state index is 12.4. The van der Waals surface area contributed by atoms with Crippen LogP contribution < -0.4 is 4.90 Å². The Morgan fingerprint density at radius 1 is 1.20 bits per heavy atom. The molecule has 1 atom stereocenters. The molecule has 0 spiro atoms. The molecule has 4 nitrogen and oxygen atoms in total. The van der Waals surface area contributed by atoms with E-state index in [9.17, 15) is 9.59 Å². The summed E-state index contributed by atoms with van der Waals surface area (Å²) in [7, 11) is 0. The van der Waals surface area contributed by atoms with Crippen molar-refractivity contribution in [2.75, 3.05) is 18.0 Å². The van der Waals surface area contributed by atoms with Crippen molar-refractivity contribution in [3.63, 3.8) is 0 Å². The summed E-state index contributed by atoms with van der Waals surface area (Å²) >= 11 is 0. The van der Waals surface area contributed by atoms with Gasteiger partial charge in [-0.15, -0.1) is 0 Å².